The summed E-state index contributed by atoms with van der Waals surface area (Å²) in [7, 11) is 0. The molecule has 3 rings (SSSR count). The average Bonchev–Trinajstić information content (AvgIpc) is 3.03. The van der Waals surface area contributed by atoms with Crippen LogP contribution in [-0.2, 0) is 0 Å². The smallest absolute Gasteiger partial charge is 0.312 e. The molecule has 26 heavy (non-hydrogen) atoms. The lowest BCUT2D eigenvalue weighted by molar-refractivity contribution is 0.309. The van der Waals surface area contributed by atoms with E-state index >= 15 is 0 Å². The van der Waals surface area contributed by atoms with Crippen molar-refractivity contribution in [1.29, 1.82) is 0 Å². The van der Waals surface area contributed by atoms with Crippen LogP contribution in [0.15, 0.2) is 62.4 Å². The Kier molecular flexibility index (Phi) is 6.07. The molecule has 0 saturated carbocycles. The number of unbranched alkanes of at least 4 members (excludes halogenated alkanes) is 1. The lowest BCUT2D eigenvalue weighted by atomic mass is 10.2. The topological polar surface area (TPSA) is 67.9 Å². The zero-order valence-corrected chi connectivity index (χ0v) is 15.9. The third kappa shape index (κ3) is 4.52. The first kappa shape index (κ1) is 18.2. The molecule has 5 nitrogen and oxygen atoms in total. The first-order valence-corrected chi connectivity index (χ1v) is 9.18. The number of hydrogen-bond donors (Lipinski definition) is 1. The molecule has 3 aromatic rings. The molecule has 0 amide bonds. The highest BCUT2D eigenvalue weighted by molar-refractivity contribution is 9.10. The molecule has 6 heteroatoms. The van der Waals surface area contributed by atoms with E-state index in [-0.39, 0.29) is 11.6 Å². The number of rotatable bonds is 7. The summed E-state index contributed by atoms with van der Waals surface area (Å²) in [5, 5.41) is 9.98. The quantitative estimate of drug-likeness (QED) is 0.395. The zero-order chi connectivity index (χ0) is 18.4. The van der Waals surface area contributed by atoms with Gasteiger partial charge in [-0.2, -0.15) is 0 Å². The predicted molar refractivity (Wildman–Crippen MR) is 105 cm³/mol. The first-order valence-electron chi connectivity index (χ1n) is 8.39. The van der Waals surface area contributed by atoms with Crippen LogP contribution in [0.1, 0.15) is 25.5 Å². The van der Waals surface area contributed by atoms with Gasteiger partial charge in [-0.05, 0) is 58.7 Å². The summed E-state index contributed by atoms with van der Waals surface area (Å²) in [6.45, 7) is 2.82. The van der Waals surface area contributed by atoms with Crippen molar-refractivity contribution in [3.05, 3.63) is 58.7 Å². The number of halogens is 1. The van der Waals surface area contributed by atoms with E-state index in [1.54, 1.807) is 0 Å². The molecule has 0 aliphatic carbocycles. The van der Waals surface area contributed by atoms with Gasteiger partial charge in [-0.15, -0.1) is 0 Å². The van der Waals surface area contributed by atoms with Gasteiger partial charge in [0, 0.05) is 10.0 Å². The number of nitrogens with zero attached hydrogens (tertiary/aromatic N) is 2. The minimum absolute atomic E-state index is 0.265. The van der Waals surface area contributed by atoms with E-state index in [0.717, 1.165) is 34.3 Å². The average molecular weight is 415 g/mol. The van der Waals surface area contributed by atoms with Crippen molar-refractivity contribution in [1.82, 2.24) is 4.98 Å². The molecule has 0 fully saturated rings. The molecule has 0 unspecified atom stereocenters. The SMILES string of the molecule is CCCCOc1ccc(-c2nc(C=Nc3ccccc3Br)c(O)o2)cc1. The Bertz CT molecular complexity index is 888. The summed E-state index contributed by atoms with van der Waals surface area (Å²) in [5.41, 5.74) is 1.77. The van der Waals surface area contributed by atoms with Crippen LogP contribution >= 0.6 is 15.9 Å². The highest BCUT2D eigenvalue weighted by Gasteiger charge is 2.12. The standard InChI is InChI=1S/C20H19BrN2O3/c1-2-3-12-25-15-10-8-14(9-11-15)19-23-18(20(24)26-19)13-22-17-7-5-4-6-16(17)21/h4-11,13,24H,2-3,12H2,1H3. The molecule has 134 valence electrons. The maximum atomic E-state index is 9.98. The molecule has 0 aliphatic heterocycles. The summed E-state index contributed by atoms with van der Waals surface area (Å²) in [5.74, 6) is 0.865. The van der Waals surface area contributed by atoms with Crippen molar-refractivity contribution in [3.63, 3.8) is 0 Å². The normalized spacial score (nSPS) is 11.2. The Morgan fingerprint density at radius 1 is 1.19 bits per heavy atom. The molecule has 1 N–H and O–H groups in total. The van der Waals surface area contributed by atoms with E-state index in [2.05, 4.69) is 32.8 Å². The van der Waals surface area contributed by atoms with Crippen LogP contribution in [0.3, 0.4) is 0 Å². The number of aromatic hydroxyl groups is 1. The monoisotopic (exact) mass is 414 g/mol. The first-order chi connectivity index (χ1) is 12.7. The maximum absolute atomic E-state index is 9.98. The van der Waals surface area contributed by atoms with Crippen molar-refractivity contribution in [2.75, 3.05) is 6.61 Å². The number of hydrogen-bond acceptors (Lipinski definition) is 5. The Balaban J connectivity index is 1.74. The molecule has 2 aromatic carbocycles. The van der Waals surface area contributed by atoms with Gasteiger partial charge in [0.05, 0.1) is 18.5 Å². The van der Waals surface area contributed by atoms with Crippen molar-refractivity contribution < 1.29 is 14.3 Å². The van der Waals surface area contributed by atoms with Crippen LogP contribution in [0.4, 0.5) is 5.69 Å². The molecule has 0 aliphatic rings. The Hall–Kier alpha value is -2.60. The Labute approximate surface area is 160 Å². The molecule has 0 atom stereocenters. The van der Waals surface area contributed by atoms with Crippen molar-refractivity contribution in [2.45, 2.75) is 19.8 Å². The van der Waals surface area contributed by atoms with E-state index < -0.39 is 0 Å². The molecule has 0 bridgehead atoms. The number of benzene rings is 2. The fraction of sp³-hybridized carbons (Fsp3) is 0.200. The van der Waals surface area contributed by atoms with E-state index in [1.807, 2.05) is 48.5 Å². The highest BCUT2D eigenvalue weighted by atomic mass is 79.9. The van der Waals surface area contributed by atoms with Gasteiger partial charge in [0.15, 0.2) is 5.69 Å². The Morgan fingerprint density at radius 2 is 1.96 bits per heavy atom. The van der Waals surface area contributed by atoms with Gasteiger partial charge in [-0.3, -0.25) is 4.99 Å². The second kappa shape index (κ2) is 8.67. The van der Waals surface area contributed by atoms with Crippen molar-refractivity contribution in [2.24, 2.45) is 4.99 Å². The fourth-order valence-corrected chi connectivity index (χ4v) is 2.63. The minimum atomic E-state index is -0.265. The number of ether oxygens (including phenoxy) is 1. The minimum Gasteiger partial charge on any atom is -0.494 e. The molecule has 0 spiro atoms. The van der Waals surface area contributed by atoms with Crippen LogP contribution in [-0.4, -0.2) is 22.9 Å². The number of aliphatic imine (C=N–C) groups is 1. The molecule has 0 saturated heterocycles. The third-order valence-corrected chi connectivity index (χ3v) is 4.35. The maximum Gasteiger partial charge on any atom is 0.312 e. The second-order valence-electron chi connectivity index (χ2n) is 5.65. The third-order valence-electron chi connectivity index (χ3n) is 3.68. The van der Waals surface area contributed by atoms with Gasteiger partial charge in [0.25, 0.3) is 0 Å². The van der Waals surface area contributed by atoms with Gasteiger partial charge in [0.1, 0.15) is 5.75 Å². The summed E-state index contributed by atoms with van der Waals surface area (Å²) in [4.78, 5) is 8.63. The Morgan fingerprint density at radius 3 is 2.69 bits per heavy atom. The second-order valence-corrected chi connectivity index (χ2v) is 6.50. The van der Waals surface area contributed by atoms with Gasteiger partial charge >= 0.3 is 5.95 Å². The van der Waals surface area contributed by atoms with E-state index in [4.69, 9.17) is 9.15 Å². The van der Waals surface area contributed by atoms with Crippen LogP contribution < -0.4 is 4.74 Å². The van der Waals surface area contributed by atoms with Crippen LogP contribution in [0.25, 0.3) is 11.5 Å². The van der Waals surface area contributed by atoms with E-state index in [1.165, 1.54) is 6.21 Å². The summed E-state index contributed by atoms with van der Waals surface area (Å²) in [6, 6.07) is 15.0. The molecular formula is C20H19BrN2O3. The lowest BCUT2D eigenvalue weighted by Crippen LogP contribution is -1.95. The largest absolute Gasteiger partial charge is 0.494 e. The van der Waals surface area contributed by atoms with Gasteiger partial charge in [-0.25, -0.2) is 4.98 Å². The molecule has 1 heterocycles. The number of aromatic nitrogens is 1. The van der Waals surface area contributed by atoms with E-state index in [9.17, 15) is 5.11 Å². The number of oxazole rings is 1. The van der Waals surface area contributed by atoms with Crippen molar-refractivity contribution in [3.8, 4) is 23.1 Å². The highest BCUT2D eigenvalue weighted by Crippen LogP contribution is 2.28. The number of para-hydroxylation sites is 1. The van der Waals surface area contributed by atoms with Gasteiger partial charge in [-0.1, -0.05) is 25.5 Å². The fourth-order valence-electron chi connectivity index (χ4n) is 2.25. The van der Waals surface area contributed by atoms with Crippen LogP contribution in [0, 0.1) is 0 Å². The van der Waals surface area contributed by atoms with Crippen LogP contribution in [0.5, 0.6) is 11.7 Å². The molecular weight excluding hydrogens is 396 g/mol. The summed E-state index contributed by atoms with van der Waals surface area (Å²) >= 11 is 3.43. The van der Waals surface area contributed by atoms with Gasteiger partial charge in [0.2, 0.25) is 5.89 Å². The zero-order valence-electron chi connectivity index (χ0n) is 14.4. The van der Waals surface area contributed by atoms with Crippen LogP contribution in [0.2, 0.25) is 0 Å². The summed E-state index contributed by atoms with van der Waals surface area (Å²) in [6.07, 6.45) is 3.60. The molecule has 1 aromatic heterocycles. The predicted octanol–water partition coefficient (Wildman–Crippen LogP) is 5.74. The molecule has 0 radical (unpaired) electrons. The summed E-state index contributed by atoms with van der Waals surface area (Å²) < 4.78 is 11.9. The lowest BCUT2D eigenvalue weighted by Gasteiger charge is -2.05. The van der Waals surface area contributed by atoms with Gasteiger partial charge < -0.3 is 14.3 Å². The van der Waals surface area contributed by atoms with E-state index in [0.29, 0.717) is 12.5 Å². The van der Waals surface area contributed by atoms with Crippen molar-refractivity contribution >= 4 is 27.8 Å².